The second-order valence-electron chi connectivity index (χ2n) is 4.75. The lowest BCUT2D eigenvalue weighted by molar-refractivity contribution is -0.137. The molecule has 0 heterocycles. The highest BCUT2D eigenvalue weighted by Gasteiger charge is 2.20. The molecule has 19 heavy (non-hydrogen) atoms. The summed E-state index contributed by atoms with van der Waals surface area (Å²) in [6, 6.07) is 4.86. The van der Waals surface area contributed by atoms with Crippen LogP contribution in [0.4, 0.5) is 5.69 Å². The molecule has 0 atom stereocenters. The Labute approximate surface area is 120 Å². The predicted molar refractivity (Wildman–Crippen MR) is 76.9 cm³/mol. The molecule has 0 saturated carbocycles. The predicted octanol–water partition coefficient (Wildman–Crippen LogP) is 2.21. The van der Waals surface area contributed by atoms with Crippen molar-refractivity contribution in [3.05, 3.63) is 28.2 Å². The van der Waals surface area contributed by atoms with E-state index in [1.807, 2.05) is 13.8 Å². The van der Waals surface area contributed by atoms with Gasteiger partial charge in [-0.05, 0) is 24.1 Å². The standard InChI is InChI=1S/C13H17BrN2O3/c1-8(2)6-16(7-12(17)18)13(19)9-3-10(14)5-11(15)4-9/h3-5,8H,6-7,15H2,1-2H3,(H,17,18). The molecule has 1 rings (SSSR count). The van der Waals surface area contributed by atoms with Crippen LogP contribution in [0, 0.1) is 5.92 Å². The molecule has 0 aromatic heterocycles. The van der Waals surface area contributed by atoms with Crippen LogP contribution in [-0.4, -0.2) is 35.0 Å². The number of nitrogens with two attached hydrogens (primary N) is 1. The maximum atomic E-state index is 12.3. The molecule has 104 valence electrons. The summed E-state index contributed by atoms with van der Waals surface area (Å²) in [6.07, 6.45) is 0. The van der Waals surface area contributed by atoms with E-state index in [4.69, 9.17) is 10.8 Å². The quantitative estimate of drug-likeness (QED) is 0.812. The van der Waals surface area contributed by atoms with Gasteiger partial charge >= 0.3 is 5.97 Å². The Hall–Kier alpha value is -1.56. The number of hydrogen-bond donors (Lipinski definition) is 2. The van der Waals surface area contributed by atoms with Crippen LogP contribution in [0.15, 0.2) is 22.7 Å². The van der Waals surface area contributed by atoms with Gasteiger partial charge in [-0.1, -0.05) is 29.8 Å². The Bertz CT molecular complexity index is 469. The van der Waals surface area contributed by atoms with Crippen molar-refractivity contribution >= 4 is 33.5 Å². The fraction of sp³-hybridized carbons (Fsp3) is 0.385. The van der Waals surface area contributed by atoms with Gasteiger partial charge in [-0.2, -0.15) is 0 Å². The molecular formula is C13H17BrN2O3. The molecule has 6 heteroatoms. The smallest absolute Gasteiger partial charge is 0.323 e. The first-order valence-electron chi connectivity index (χ1n) is 5.86. The summed E-state index contributed by atoms with van der Waals surface area (Å²) < 4.78 is 0.690. The zero-order valence-corrected chi connectivity index (χ0v) is 12.5. The van der Waals surface area contributed by atoms with E-state index in [2.05, 4.69) is 15.9 Å². The summed E-state index contributed by atoms with van der Waals surface area (Å²) in [5.74, 6) is -1.17. The molecule has 1 aromatic carbocycles. The van der Waals surface area contributed by atoms with Crippen molar-refractivity contribution in [1.82, 2.24) is 4.90 Å². The van der Waals surface area contributed by atoms with Crippen molar-refractivity contribution in [2.45, 2.75) is 13.8 Å². The Morgan fingerprint density at radius 2 is 2.00 bits per heavy atom. The Balaban J connectivity index is 3.00. The Kier molecular flexibility index (Phi) is 5.35. The molecule has 0 radical (unpaired) electrons. The minimum Gasteiger partial charge on any atom is -0.480 e. The lowest BCUT2D eigenvalue weighted by atomic mass is 10.1. The van der Waals surface area contributed by atoms with Gasteiger partial charge < -0.3 is 15.7 Å². The molecular weight excluding hydrogens is 312 g/mol. The van der Waals surface area contributed by atoms with Gasteiger partial charge in [0.05, 0.1) is 0 Å². The number of halogens is 1. The van der Waals surface area contributed by atoms with Gasteiger partial charge in [0.1, 0.15) is 6.54 Å². The summed E-state index contributed by atoms with van der Waals surface area (Å²) in [7, 11) is 0. The van der Waals surface area contributed by atoms with Gasteiger partial charge in [0, 0.05) is 22.3 Å². The van der Waals surface area contributed by atoms with Crippen molar-refractivity contribution in [2.75, 3.05) is 18.8 Å². The molecule has 0 fully saturated rings. The minimum absolute atomic E-state index is 0.188. The second kappa shape index (κ2) is 6.56. The van der Waals surface area contributed by atoms with Crippen LogP contribution in [0.5, 0.6) is 0 Å². The van der Waals surface area contributed by atoms with Crippen molar-refractivity contribution in [3.8, 4) is 0 Å². The van der Waals surface area contributed by atoms with Gasteiger partial charge in [0.25, 0.3) is 5.91 Å². The van der Waals surface area contributed by atoms with Crippen LogP contribution < -0.4 is 5.73 Å². The molecule has 0 aliphatic carbocycles. The third-order valence-electron chi connectivity index (χ3n) is 2.37. The molecule has 3 N–H and O–H groups in total. The number of nitrogens with zero attached hydrogens (tertiary/aromatic N) is 1. The van der Waals surface area contributed by atoms with Crippen LogP contribution >= 0.6 is 15.9 Å². The third-order valence-corrected chi connectivity index (χ3v) is 2.82. The maximum absolute atomic E-state index is 12.3. The van der Waals surface area contributed by atoms with Gasteiger partial charge in [-0.25, -0.2) is 0 Å². The fourth-order valence-electron chi connectivity index (χ4n) is 1.74. The first-order valence-corrected chi connectivity index (χ1v) is 6.66. The number of benzene rings is 1. The van der Waals surface area contributed by atoms with Crippen LogP contribution in [0.3, 0.4) is 0 Å². The summed E-state index contributed by atoms with van der Waals surface area (Å²) in [5, 5.41) is 8.87. The molecule has 0 unspecified atom stereocenters. The van der Waals surface area contributed by atoms with E-state index in [1.54, 1.807) is 18.2 Å². The molecule has 0 spiro atoms. The summed E-state index contributed by atoms with van der Waals surface area (Å²) >= 11 is 3.27. The number of amides is 1. The van der Waals surface area contributed by atoms with Crippen LogP contribution in [0.25, 0.3) is 0 Å². The molecule has 1 aromatic rings. The molecule has 5 nitrogen and oxygen atoms in total. The number of aliphatic carboxylic acids is 1. The Morgan fingerprint density at radius 1 is 1.37 bits per heavy atom. The molecule has 0 bridgehead atoms. The van der Waals surface area contributed by atoms with Gasteiger partial charge in [-0.15, -0.1) is 0 Å². The summed E-state index contributed by atoms with van der Waals surface area (Å²) in [4.78, 5) is 24.5. The second-order valence-corrected chi connectivity index (χ2v) is 5.66. The van der Waals surface area contributed by atoms with E-state index in [0.717, 1.165) is 0 Å². The van der Waals surface area contributed by atoms with Gasteiger partial charge in [0.2, 0.25) is 0 Å². The fourth-order valence-corrected chi connectivity index (χ4v) is 2.25. The number of nitrogen functional groups attached to an aromatic ring is 1. The first kappa shape index (κ1) is 15.5. The van der Waals surface area contributed by atoms with Gasteiger partial charge in [0.15, 0.2) is 0 Å². The number of hydrogen-bond acceptors (Lipinski definition) is 3. The van der Waals surface area contributed by atoms with Crippen molar-refractivity contribution < 1.29 is 14.7 Å². The number of carbonyl (C=O) groups is 2. The van der Waals surface area contributed by atoms with E-state index < -0.39 is 5.97 Å². The van der Waals surface area contributed by atoms with E-state index >= 15 is 0 Å². The number of carboxylic acids is 1. The number of carboxylic acid groups (broad SMARTS) is 1. The lowest BCUT2D eigenvalue weighted by Crippen LogP contribution is -2.38. The zero-order chi connectivity index (χ0) is 14.6. The molecule has 1 amide bonds. The highest BCUT2D eigenvalue weighted by Crippen LogP contribution is 2.19. The molecule has 0 aliphatic rings. The lowest BCUT2D eigenvalue weighted by Gasteiger charge is -2.23. The minimum atomic E-state index is -1.03. The SMILES string of the molecule is CC(C)CN(CC(=O)O)C(=O)c1cc(N)cc(Br)c1. The maximum Gasteiger partial charge on any atom is 0.323 e. The zero-order valence-electron chi connectivity index (χ0n) is 10.9. The summed E-state index contributed by atoms with van der Waals surface area (Å²) in [5.41, 5.74) is 6.52. The average molecular weight is 329 g/mol. The highest BCUT2D eigenvalue weighted by atomic mass is 79.9. The largest absolute Gasteiger partial charge is 0.480 e. The monoisotopic (exact) mass is 328 g/mol. The van der Waals surface area contributed by atoms with E-state index in [0.29, 0.717) is 22.3 Å². The first-order chi connectivity index (χ1) is 8.79. The number of rotatable bonds is 5. The average Bonchev–Trinajstić information content (AvgIpc) is 2.24. The third kappa shape index (κ3) is 4.90. The van der Waals surface area contributed by atoms with Gasteiger partial charge in [-0.3, -0.25) is 9.59 Å². The highest BCUT2D eigenvalue weighted by molar-refractivity contribution is 9.10. The topological polar surface area (TPSA) is 83.6 Å². The van der Waals surface area contributed by atoms with Crippen molar-refractivity contribution in [1.29, 1.82) is 0 Å². The summed E-state index contributed by atoms with van der Waals surface area (Å²) in [6.45, 7) is 3.93. The van der Waals surface area contributed by atoms with Crippen molar-refractivity contribution in [3.63, 3.8) is 0 Å². The van der Waals surface area contributed by atoms with Crippen LogP contribution in [-0.2, 0) is 4.79 Å². The van der Waals surface area contributed by atoms with E-state index in [-0.39, 0.29) is 18.4 Å². The number of carbonyl (C=O) groups excluding carboxylic acids is 1. The molecule has 0 saturated heterocycles. The Morgan fingerprint density at radius 3 is 2.47 bits per heavy atom. The van der Waals surface area contributed by atoms with E-state index in [1.165, 1.54) is 4.90 Å². The van der Waals surface area contributed by atoms with Crippen molar-refractivity contribution in [2.24, 2.45) is 5.92 Å². The van der Waals surface area contributed by atoms with Crippen LogP contribution in [0.2, 0.25) is 0 Å². The normalized spacial score (nSPS) is 10.5. The van der Waals surface area contributed by atoms with Crippen LogP contribution in [0.1, 0.15) is 24.2 Å². The van der Waals surface area contributed by atoms with E-state index in [9.17, 15) is 9.59 Å². The molecule has 0 aliphatic heterocycles. The number of anilines is 1.